The number of nitrogens with one attached hydrogen (secondary N) is 1. The summed E-state index contributed by atoms with van der Waals surface area (Å²) in [4.78, 5) is 12.6. The van der Waals surface area contributed by atoms with Gasteiger partial charge in [0.25, 0.3) is 0 Å². The summed E-state index contributed by atoms with van der Waals surface area (Å²) in [5, 5.41) is 5.37. The standard InChI is InChI=1S/C24H26ClFN4O3S/c1-2-34(32,33)30-12-6-7-17(15-30)24(31)28-27-13-18-14-29(23-11-4-3-8-19(18)23)16-20-21(25)9-5-10-22(20)26/h3-5,8-11,13-14,17H,2,6-7,12,15-16H2,1H3,(H,28,31)/b27-13-/t17-/m1/s1. The molecular weight excluding hydrogens is 479 g/mol. The Labute approximate surface area is 203 Å². The molecule has 1 N–H and O–H groups in total. The molecule has 1 aromatic heterocycles. The number of benzene rings is 2. The van der Waals surface area contributed by atoms with Gasteiger partial charge >= 0.3 is 0 Å². The van der Waals surface area contributed by atoms with Crippen molar-refractivity contribution in [3.63, 3.8) is 0 Å². The van der Waals surface area contributed by atoms with E-state index in [0.717, 1.165) is 16.5 Å². The molecule has 3 aromatic rings. The summed E-state index contributed by atoms with van der Waals surface area (Å²) in [5.41, 5.74) is 4.57. The quantitative estimate of drug-likeness (QED) is 0.390. The van der Waals surface area contributed by atoms with Crippen LogP contribution in [0.15, 0.2) is 53.8 Å². The van der Waals surface area contributed by atoms with Gasteiger partial charge in [-0.3, -0.25) is 4.79 Å². The molecule has 10 heteroatoms. The first-order chi connectivity index (χ1) is 16.3. The number of rotatable bonds is 7. The Morgan fingerprint density at radius 2 is 2.06 bits per heavy atom. The largest absolute Gasteiger partial charge is 0.342 e. The summed E-state index contributed by atoms with van der Waals surface area (Å²) in [6.07, 6.45) is 4.62. The second-order valence-corrected chi connectivity index (χ2v) is 10.9. The normalized spacial score (nSPS) is 17.4. The smallest absolute Gasteiger partial charge is 0.244 e. The van der Waals surface area contributed by atoms with Crippen molar-refractivity contribution in [3.05, 3.63) is 70.6 Å². The molecule has 0 saturated carbocycles. The van der Waals surface area contributed by atoms with Gasteiger partial charge in [0.1, 0.15) is 5.82 Å². The SMILES string of the molecule is CCS(=O)(=O)N1CCC[C@@H](C(=O)N/N=C\c2cn(Cc3c(F)cccc3Cl)c3ccccc23)C1. The molecule has 1 saturated heterocycles. The highest BCUT2D eigenvalue weighted by Crippen LogP contribution is 2.25. The van der Waals surface area contributed by atoms with Crippen molar-refractivity contribution in [2.75, 3.05) is 18.8 Å². The maximum absolute atomic E-state index is 14.3. The van der Waals surface area contributed by atoms with E-state index < -0.39 is 15.9 Å². The lowest BCUT2D eigenvalue weighted by Gasteiger charge is -2.30. The van der Waals surface area contributed by atoms with E-state index in [9.17, 15) is 17.6 Å². The van der Waals surface area contributed by atoms with E-state index in [1.807, 2.05) is 35.0 Å². The number of hydrazone groups is 1. The molecule has 0 bridgehead atoms. The fourth-order valence-corrected chi connectivity index (χ4v) is 5.61. The first-order valence-corrected chi connectivity index (χ1v) is 13.1. The van der Waals surface area contributed by atoms with Crippen molar-refractivity contribution in [1.82, 2.24) is 14.3 Å². The van der Waals surface area contributed by atoms with E-state index in [1.165, 1.54) is 10.4 Å². The van der Waals surface area contributed by atoms with Gasteiger partial charge in [-0.2, -0.15) is 5.10 Å². The number of amides is 1. The van der Waals surface area contributed by atoms with Crippen molar-refractivity contribution in [2.24, 2.45) is 11.0 Å². The van der Waals surface area contributed by atoms with Crippen LogP contribution in [0.2, 0.25) is 5.02 Å². The molecule has 34 heavy (non-hydrogen) atoms. The number of carbonyl (C=O) groups excluding carboxylic acids is 1. The van der Waals surface area contributed by atoms with Crippen molar-refractivity contribution < 1.29 is 17.6 Å². The van der Waals surface area contributed by atoms with Gasteiger partial charge in [-0.05, 0) is 38.0 Å². The summed E-state index contributed by atoms with van der Waals surface area (Å²) in [7, 11) is -3.33. The van der Waals surface area contributed by atoms with Crippen molar-refractivity contribution in [3.8, 4) is 0 Å². The Balaban J connectivity index is 1.50. The molecule has 7 nitrogen and oxygen atoms in total. The molecule has 180 valence electrons. The van der Waals surface area contributed by atoms with Crippen LogP contribution in [0.1, 0.15) is 30.9 Å². The van der Waals surface area contributed by atoms with E-state index in [0.29, 0.717) is 30.0 Å². The van der Waals surface area contributed by atoms with Gasteiger partial charge in [0.2, 0.25) is 15.9 Å². The number of piperidine rings is 1. The molecule has 0 aliphatic carbocycles. The summed E-state index contributed by atoms with van der Waals surface area (Å²) < 4.78 is 41.9. The van der Waals surface area contributed by atoms with Gasteiger partial charge in [-0.15, -0.1) is 0 Å². The monoisotopic (exact) mass is 504 g/mol. The van der Waals surface area contributed by atoms with Crippen LogP contribution in [0.3, 0.4) is 0 Å². The highest BCUT2D eigenvalue weighted by molar-refractivity contribution is 7.89. The molecule has 4 rings (SSSR count). The summed E-state index contributed by atoms with van der Waals surface area (Å²) >= 11 is 6.21. The van der Waals surface area contributed by atoms with Crippen LogP contribution in [-0.2, 0) is 21.4 Å². The van der Waals surface area contributed by atoms with Crippen LogP contribution in [0.5, 0.6) is 0 Å². The number of halogens is 2. The van der Waals surface area contributed by atoms with Crippen LogP contribution >= 0.6 is 11.6 Å². The maximum Gasteiger partial charge on any atom is 0.244 e. The lowest BCUT2D eigenvalue weighted by atomic mass is 9.99. The van der Waals surface area contributed by atoms with Crippen molar-refractivity contribution >= 4 is 44.6 Å². The van der Waals surface area contributed by atoms with E-state index in [2.05, 4.69) is 10.5 Å². The Kier molecular flexibility index (Phi) is 7.35. The minimum atomic E-state index is -3.33. The van der Waals surface area contributed by atoms with Crippen molar-refractivity contribution in [1.29, 1.82) is 0 Å². The number of carbonyl (C=O) groups is 1. The second-order valence-electron chi connectivity index (χ2n) is 8.26. The van der Waals surface area contributed by atoms with Crippen molar-refractivity contribution in [2.45, 2.75) is 26.3 Å². The van der Waals surface area contributed by atoms with Crippen LogP contribution in [-0.4, -0.2) is 48.3 Å². The van der Waals surface area contributed by atoms with Crippen LogP contribution in [0.25, 0.3) is 10.9 Å². The average Bonchev–Trinajstić information content (AvgIpc) is 3.19. The fraction of sp³-hybridized carbons (Fsp3) is 0.333. The zero-order chi connectivity index (χ0) is 24.3. The Morgan fingerprint density at radius 1 is 1.26 bits per heavy atom. The summed E-state index contributed by atoms with van der Waals surface area (Å²) in [6, 6.07) is 12.2. The molecule has 1 aliphatic rings. The van der Waals surface area contributed by atoms with Gasteiger partial charge < -0.3 is 4.57 Å². The average molecular weight is 505 g/mol. The first kappa shape index (κ1) is 24.4. The first-order valence-electron chi connectivity index (χ1n) is 11.1. The van der Waals surface area contributed by atoms with Crippen LogP contribution in [0, 0.1) is 11.7 Å². The Bertz CT molecular complexity index is 1320. The third kappa shape index (κ3) is 5.16. The lowest BCUT2D eigenvalue weighted by molar-refractivity contribution is -0.126. The number of hydrogen-bond donors (Lipinski definition) is 1. The molecule has 1 aliphatic heterocycles. The van der Waals surface area contributed by atoms with Gasteiger partial charge in [0, 0.05) is 46.3 Å². The van der Waals surface area contributed by atoms with E-state index in [4.69, 9.17) is 11.6 Å². The molecule has 0 spiro atoms. The van der Waals surface area contributed by atoms with E-state index >= 15 is 0 Å². The molecule has 0 radical (unpaired) electrons. The molecule has 1 fully saturated rings. The molecule has 0 unspecified atom stereocenters. The summed E-state index contributed by atoms with van der Waals surface area (Å²) in [6.45, 7) is 2.45. The topological polar surface area (TPSA) is 83.8 Å². The summed E-state index contributed by atoms with van der Waals surface area (Å²) in [5.74, 6) is -1.12. The Morgan fingerprint density at radius 3 is 2.82 bits per heavy atom. The molecule has 1 atom stereocenters. The number of nitrogens with zero attached hydrogens (tertiary/aromatic N) is 3. The number of sulfonamides is 1. The third-order valence-corrected chi connectivity index (χ3v) is 8.30. The van der Waals surface area contributed by atoms with Crippen LogP contribution < -0.4 is 5.43 Å². The van der Waals surface area contributed by atoms with Gasteiger partial charge in [-0.25, -0.2) is 22.5 Å². The number of hydrogen-bond acceptors (Lipinski definition) is 4. The van der Waals surface area contributed by atoms with Gasteiger partial charge in [-0.1, -0.05) is 35.9 Å². The molecule has 1 amide bonds. The Hall–Kier alpha value is -2.75. The molecule has 2 aromatic carbocycles. The number of para-hydroxylation sites is 1. The fourth-order valence-electron chi connectivity index (χ4n) is 4.21. The predicted octanol–water partition coefficient (Wildman–Crippen LogP) is 3.99. The molecular formula is C24H26ClFN4O3S. The van der Waals surface area contributed by atoms with E-state index in [-0.39, 0.29) is 30.6 Å². The zero-order valence-corrected chi connectivity index (χ0v) is 20.3. The highest BCUT2D eigenvalue weighted by Gasteiger charge is 2.31. The number of aromatic nitrogens is 1. The van der Waals surface area contributed by atoms with E-state index in [1.54, 1.807) is 25.3 Å². The predicted molar refractivity (Wildman–Crippen MR) is 132 cm³/mol. The van der Waals surface area contributed by atoms with Gasteiger partial charge in [0.05, 0.1) is 24.4 Å². The minimum Gasteiger partial charge on any atom is -0.342 e. The zero-order valence-electron chi connectivity index (χ0n) is 18.7. The van der Waals surface area contributed by atoms with Gasteiger partial charge in [0.15, 0.2) is 0 Å². The lowest BCUT2D eigenvalue weighted by Crippen LogP contribution is -2.45. The third-order valence-electron chi connectivity index (χ3n) is 6.10. The maximum atomic E-state index is 14.3. The second kappa shape index (κ2) is 10.2. The number of fused-ring (bicyclic) bond motifs is 1. The van der Waals surface area contributed by atoms with Crippen LogP contribution in [0.4, 0.5) is 4.39 Å². The minimum absolute atomic E-state index is 0.0155. The molecule has 2 heterocycles. The highest BCUT2D eigenvalue weighted by atomic mass is 35.5.